The Kier molecular flexibility index (Phi) is 9.89. The molecular formula is C72H46N2O. The predicted octanol–water partition coefficient (Wildman–Crippen LogP) is 20.7. The van der Waals surface area contributed by atoms with Crippen molar-refractivity contribution in [1.29, 1.82) is 0 Å². The first-order valence-electron chi connectivity index (χ1n) is 25.7. The highest BCUT2D eigenvalue weighted by Gasteiger charge is 2.31. The Bertz CT molecular complexity index is 4670. The van der Waals surface area contributed by atoms with Gasteiger partial charge in [-0.1, -0.05) is 218 Å². The maximum Gasteiger partial charge on any atom is 0.143 e. The summed E-state index contributed by atoms with van der Waals surface area (Å²) in [4.78, 5) is 4.97. The summed E-state index contributed by atoms with van der Waals surface area (Å²) < 4.78 is 7.09. The van der Waals surface area contributed by atoms with E-state index in [9.17, 15) is 0 Å². The molecule has 1 aliphatic heterocycles. The summed E-state index contributed by atoms with van der Waals surface area (Å²) in [7, 11) is 0. The molecule has 0 N–H and O–H groups in total. The molecule has 350 valence electrons. The second-order valence-corrected chi connectivity index (χ2v) is 19.5. The van der Waals surface area contributed by atoms with Crippen molar-refractivity contribution < 1.29 is 4.42 Å². The van der Waals surface area contributed by atoms with Crippen LogP contribution in [-0.2, 0) is 0 Å². The largest absolute Gasteiger partial charge is 0.455 e. The van der Waals surface area contributed by atoms with E-state index in [-0.39, 0.29) is 0 Å². The lowest BCUT2D eigenvalue weighted by atomic mass is 9.93. The molecule has 0 bridgehead atoms. The van der Waals surface area contributed by atoms with Crippen LogP contribution in [0.1, 0.15) is 0 Å². The van der Waals surface area contributed by atoms with Crippen molar-refractivity contribution in [1.82, 2.24) is 0 Å². The molecule has 2 heterocycles. The van der Waals surface area contributed by atoms with Crippen molar-refractivity contribution in [2.75, 3.05) is 9.80 Å². The molecule has 0 radical (unpaired) electrons. The van der Waals surface area contributed by atoms with Gasteiger partial charge in [-0.15, -0.1) is 0 Å². The molecule has 1 aromatic heterocycles. The molecule has 0 spiro atoms. The Hall–Kier alpha value is -9.96. The van der Waals surface area contributed by atoms with Crippen LogP contribution in [-0.4, -0.2) is 0 Å². The number of benzene rings is 12. The second-order valence-electron chi connectivity index (χ2n) is 19.5. The van der Waals surface area contributed by atoms with Gasteiger partial charge in [0.1, 0.15) is 11.2 Å². The van der Waals surface area contributed by atoms with Crippen LogP contribution in [0.3, 0.4) is 0 Å². The van der Waals surface area contributed by atoms with Gasteiger partial charge in [-0.2, -0.15) is 0 Å². The van der Waals surface area contributed by atoms with Gasteiger partial charge in [0.25, 0.3) is 0 Å². The number of hydrogen-bond acceptors (Lipinski definition) is 3. The van der Waals surface area contributed by atoms with Gasteiger partial charge in [0.05, 0.1) is 17.1 Å². The zero-order chi connectivity index (χ0) is 49.4. The smallest absolute Gasteiger partial charge is 0.143 e. The number of furan rings is 1. The third kappa shape index (κ3) is 6.83. The lowest BCUT2D eigenvalue weighted by molar-refractivity contribution is 0.673. The van der Waals surface area contributed by atoms with Crippen LogP contribution in [0.5, 0.6) is 0 Å². The SMILES string of the molecule is c1ccc(-c2cccc(N(c3ccc4c5ccccc5c5ccccc5c5ccccc5c5c(ccc6c7ccccc7oc65)c4c3)c3cccc4c3N(c3ccccc3)c3ccccc3-c3ccccc3-4)c2)cc1. The van der Waals surface area contributed by atoms with Gasteiger partial charge in [0, 0.05) is 44.3 Å². The molecule has 0 atom stereocenters. The van der Waals surface area contributed by atoms with Crippen LogP contribution in [0, 0.1) is 0 Å². The average molecular weight is 955 g/mol. The van der Waals surface area contributed by atoms with Gasteiger partial charge in [-0.05, 0) is 131 Å². The minimum absolute atomic E-state index is 0.871. The van der Waals surface area contributed by atoms with E-state index in [1.54, 1.807) is 0 Å². The zero-order valence-corrected chi connectivity index (χ0v) is 40.9. The fraction of sp³-hybridized carbons (Fsp3) is 0. The average Bonchev–Trinajstić information content (AvgIpc) is 3.82. The van der Waals surface area contributed by atoms with E-state index in [2.05, 4.69) is 289 Å². The minimum Gasteiger partial charge on any atom is -0.455 e. The van der Waals surface area contributed by atoms with Crippen LogP contribution in [0.2, 0.25) is 0 Å². The highest BCUT2D eigenvalue weighted by molar-refractivity contribution is 6.31. The van der Waals surface area contributed by atoms with E-state index >= 15 is 0 Å². The number of para-hydroxylation sites is 4. The summed E-state index contributed by atoms with van der Waals surface area (Å²) in [6.45, 7) is 0. The Morgan fingerprint density at radius 1 is 0.293 bits per heavy atom. The first kappa shape index (κ1) is 42.7. The lowest BCUT2D eigenvalue weighted by Crippen LogP contribution is -2.17. The summed E-state index contributed by atoms with van der Waals surface area (Å²) in [5.41, 5.74) is 15.1. The molecule has 15 rings (SSSR count). The second kappa shape index (κ2) is 17.4. The number of fused-ring (bicyclic) bond motifs is 19. The molecule has 1 aliphatic rings. The third-order valence-electron chi connectivity index (χ3n) is 15.4. The van der Waals surface area contributed by atoms with E-state index in [1.807, 2.05) is 0 Å². The van der Waals surface area contributed by atoms with Crippen molar-refractivity contribution in [3.05, 3.63) is 279 Å². The Balaban J connectivity index is 1.13. The van der Waals surface area contributed by atoms with E-state index in [4.69, 9.17) is 4.42 Å². The predicted molar refractivity (Wildman–Crippen MR) is 318 cm³/mol. The van der Waals surface area contributed by atoms with Crippen LogP contribution >= 0.6 is 0 Å². The van der Waals surface area contributed by atoms with E-state index in [0.717, 1.165) is 110 Å². The Morgan fingerprint density at radius 2 is 0.773 bits per heavy atom. The standard InChI is InChI=1S/C72H46N2O/c1-3-21-47(22-4-1)48-23-19-26-50(45-48)73(68-39-20-37-64-58-33-12-11-31-56(58)60-34-15-17-38-67(60)74(71(64)68)49-24-5-2-6-25-49)51-41-42-59-55-30-10-8-28-53(55)52-27-7-9-29-54(52)57-32-13-14-36-62(57)70-63(66(59)46-51)43-44-65-61-35-16-18-40-69(61)75-72(65)70/h1-46H. The normalized spacial score (nSPS) is 12.0. The summed E-state index contributed by atoms with van der Waals surface area (Å²) in [5.74, 6) is 0. The Morgan fingerprint density at radius 3 is 1.49 bits per heavy atom. The van der Waals surface area contributed by atoms with Crippen LogP contribution in [0.4, 0.5) is 34.1 Å². The van der Waals surface area contributed by atoms with Crippen molar-refractivity contribution in [3.63, 3.8) is 0 Å². The lowest BCUT2D eigenvalue weighted by Gasteiger charge is -2.34. The van der Waals surface area contributed by atoms with Gasteiger partial charge in [0.15, 0.2) is 0 Å². The van der Waals surface area contributed by atoms with Gasteiger partial charge in [-0.25, -0.2) is 0 Å². The monoisotopic (exact) mass is 954 g/mol. The summed E-state index contributed by atoms with van der Waals surface area (Å²) in [6.07, 6.45) is 0. The molecule has 0 unspecified atom stereocenters. The molecule has 13 aromatic carbocycles. The molecule has 75 heavy (non-hydrogen) atoms. The topological polar surface area (TPSA) is 19.6 Å². The summed E-state index contributed by atoms with van der Waals surface area (Å²) >= 11 is 0. The molecule has 0 saturated heterocycles. The summed E-state index contributed by atoms with van der Waals surface area (Å²) in [5, 5.41) is 13.6. The molecular weight excluding hydrogens is 909 g/mol. The van der Waals surface area contributed by atoms with Crippen molar-refractivity contribution >= 4 is 110 Å². The number of anilines is 6. The maximum atomic E-state index is 7.09. The molecule has 0 amide bonds. The highest BCUT2D eigenvalue weighted by Crippen LogP contribution is 2.56. The van der Waals surface area contributed by atoms with E-state index in [0.29, 0.717) is 0 Å². The molecule has 3 heteroatoms. The van der Waals surface area contributed by atoms with Gasteiger partial charge in [0.2, 0.25) is 0 Å². The fourth-order valence-electron chi connectivity index (χ4n) is 12.1. The van der Waals surface area contributed by atoms with Crippen LogP contribution in [0.15, 0.2) is 283 Å². The summed E-state index contributed by atoms with van der Waals surface area (Å²) in [6, 6.07) is 102. The molecule has 14 aromatic rings. The zero-order valence-electron chi connectivity index (χ0n) is 40.9. The van der Waals surface area contributed by atoms with Crippen molar-refractivity contribution in [3.8, 4) is 33.4 Å². The first-order chi connectivity index (χ1) is 37.2. The van der Waals surface area contributed by atoms with Crippen LogP contribution in [0.25, 0.3) is 109 Å². The van der Waals surface area contributed by atoms with Crippen LogP contribution < -0.4 is 9.80 Å². The minimum atomic E-state index is 0.871. The first-order valence-corrected chi connectivity index (χ1v) is 25.7. The van der Waals surface area contributed by atoms with E-state index in [1.165, 1.54) is 32.8 Å². The number of nitrogens with zero attached hydrogens (tertiary/aromatic N) is 2. The fourth-order valence-corrected chi connectivity index (χ4v) is 12.1. The maximum absolute atomic E-state index is 7.09. The Labute approximate surface area is 434 Å². The van der Waals surface area contributed by atoms with Gasteiger partial charge < -0.3 is 14.2 Å². The number of hydrogen-bond donors (Lipinski definition) is 0. The quantitative estimate of drug-likeness (QED) is 0.171. The third-order valence-corrected chi connectivity index (χ3v) is 15.4. The molecule has 3 nitrogen and oxygen atoms in total. The van der Waals surface area contributed by atoms with Gasteiger partial charge >= 0.3 is 0 Å². The van der Waals surface area contributed by atoms with Gasteiger partial charge in [-0.3, -0.25) is 0 Å². The van der Waals surface area contributed by atoms with Crippen molar-refractivity contribution in [2.24, 2.45) is 0 Å². The highest BCUT2D eigenvalue weighted by atomic mass is 16.3. The number of rotatable bonds is 5. The molecule has 0 fully saturated rings. The molecule has 0 aliphatic carbocycles. The van der Waals surface area contributed by atoms with Crippen molar-refractivity contribution in [2.45, 2.75) is 0 Å². The van der Waals surface area contributed by atoms with E-state index < -0.39 is 0 Å². The molecule has 0 saturated carbocycles.